The Kier molecular flexibility index (Phi) is 12.0. The van der Waals surface area contributed by atoms with Crippen LogP contribution in [0.2, 0.25) is 0 Å². The monoisotopic (exact) mass is 470 g/mol. The molecule has 2 N–H and O–H groups in total. The zero-order valence-electron chi connectivity index (χ0n) is 22.1. The molecule has 0 fully saturated rings. The minimum atomic E-state index is -1.00. The van der Waals surface area contributed by atoms with E-state index < -0.39 is 11.7 Å². The number of ether oxygens (including phenoxy) is 2. The number of aryl methyl sites for hydroxylation is 1. The molecular weight excluding hydrogens is 428 g/mol. The quantitative estimate of drug-likeness (QED) is 0.281. The number of aliphatic hydroxyl groups excluding tert-OH is 1. The average Bonchev–Trinajstić information content (AvgIpc) is 2.74. The van der Waals surface area contributed by atoms with Gasteiger partial charge in [0.05, 0.1) is 25.9 Å². The van der Waals surface area contributed by atoms with Crippen LogP contribution in [0.4, 0.5) is 0 Å². The predicted molar refractivity (Wildman–Crippen MR) is 140 cm³/mol. The summed E-state index contributed by atoms with van der Waals surface area (Å²) < 4.78 is 10.9. The second kappa shape index (κ2) is 13.9. The van der Waals surface area contributed by atoms with Crippen molar-refractivity contribution in [3.63, 3.8) is 0 Å². The second-order valence-electron chi connectivity index (χ2n) is 9.45. The van der Waals surface area contributed by atoms with Crippen LogP contribution < -0.4 is 9.47 Å². The molecule has 0 bridgehead atoms. The van der Waals surface area contributed by atoms with Crippen LogP contribution in [0, 0.1) is 6.92 Å². The van der Waals surface area contributed by atoms with E-state index in [1.54, 1.807) is 35.0 Å². The normalized spacial score (nSPS) is 14.5. The Morgan fingerprint density at radius 1 is 1.09 bits per heavy atom. The van der Waals surface area contributed by atoms with Gasteiger partial charge in [0.1, 0.15) is 11.5 Å². The maximum Gasteiger partial charge on any atom is 0.180 e. The summed E-state index contributed by atoms with van der Waals surface area (Å²) >= 11 is 0. The predicted octanol–water partition coefficient (Wildman–Crippen LogP) is 5.82. The molecule has 0 aliphatic heterocycles. The highest BCUT2D eigenvalue weighted by Crippen LogP contribution is 2.29. The Labute approximate surface area is 205 Å². The highest BCUT2D eigenvalue weighted by atomic mass is 16.5. The molecule has 5 heteroatoms. The minimum Gasteiger partial charge on any atom is -0.497 e. The van der Waals surface area contributed by atoms with Crippen LogP contribution in [0.1, 0.15) is 65.0 Å². The highest BCUT2D eigenvalue weighted by Gasteiger charge is 2.10. The fourth-order valence-corrected chi connectivity index (χ4v) is 3.57. The standard InChI is InChI=1S/C29H42O5/c1-20(10-9-11-22(3)27(31)14-15-29(5,6)32)16-25(30)17-21(2)12-13-24-19-26(33-7)18-23(4)28(24)34-8/h11-12,14-16,18-19,25,30,32H,9-10,13,17H2,1-8H3/b15-14+,20-16+,21-12+,22-11+. The van der Waals surface area contributed by atoms with Gasteiger partial charge in [-0.1, -0.05) is 29.4 Å². The summed E-state index contributed by atoms with van der Waals surface area (Å²) in [5.41, 5.74) is 3.90. The van der Waals surface area contributed by atoms with E-state index in [-0.39, 0.29) is 5.78 Å². The van der Waals surface area contributed by atoms with E-state index in [4.69, 9.17) is 9.47 Å². The first-order chi connectivity index (χ1) is 15.9. The molecule has 1 aromatic carbocycles. The Morgan fingerprint density at radius 3 is 2.35 bits per heavy atom. The topological polar surface area (TPSA) is 76.0 Å². The Balaban J connectivity index is 2.66. The number of aliphatic hydroxyl groups is 2. The number of carbonyl (C=O) groups is 1. The van der Waals surface area contributed by atoms with Crippen LogP contribution in [0.25, 0.3) is 0 Å². The molecule has 34 heavy (non-hydrogen) atoms. The Morgan fingerprint density at radius 2 is 1.76 bits per heavy atom. The highest BCUT2D eigenvalue weighted by molar-refractivity contribution is 6.03. The van der Waals surface area contributed by atoms with E-state index in [0.29, 0.717) is 24.8 Å². The SMILES string of the molecule is COc1cc(C)c(OC)c(C/C=C(\C)CC(O)/C=C(\C)CC/C=C(\C)C(=O)/C=C/C(C)(C)O)c1. The fourth-order valence-electron chi connectivity index (χ4n) is 3.57. The molecule has 1 aromatic rings. The third-order valence-corrected chi connectivity index (χ3v) is 5.46. The molecule has 0 aliphatic rings. The number of ketones is 1. The maximum absolute atomic E-state index is 12.1. The van der Waals surface area contributed by atoms with Gasteiger partial charge in [-0.3, -0.25) is 4.79 Å². The molecule has 1 unspecified atom stereocenters. The summed E-state index contributed by atoms with van der Waals surface area (Å²) in [5, 5.41) is 20.2. The van der Waals surface area contributed by atoms with Crippen molar-refractivity contribution in [2.24, 2.45) is 0 Å². The van der Waals surface area contributed by atoms with Gasteiger partial charge >= 0.3 is 0 Å². The van der Waals surface area contributed by atoms with Gasteiger partial charge in [-0.2, -0.15) is 0 Å². The molecule has 0 spiro atoms. The molecule has 1 atom stereocenters. The van der Waals surface area contributed by atoms with Gasteiger partial charge in [-0.15, -0.1) is 0 Å². The summed E-state index contributed by atoms with van der Waals surface area (Å²) in [6.45, 7) is 11.0. The zero-order valence-corrected chi connectivity index (χ0v) is 22.1. The smallest absolute Gasteiger partial charge is 0.180 e. The fraction of sp³-hybridized carbons (Fsp3) is 0.483. The number of methoxy groups -OCH3 is 2. The van der Waals surface area contributed by atoms with E-state index >= 15 is 0 Å². The van der Waals surface area contributed by atoms with Crippen LogP contribution in [0.3, 0.4) is 0 Å². The van der Waals surface area contributed by atoms with Gasteiger partial charge in [0.25, 0.3) is 0 Å². The van der Waals surface area contributed by atoms with Crippen molar-refractivity contribution in [2.45, 2.75) is 78.9 Å². The first-order valence-electron chi connectivity index (χ1n) is 11.7. The summed E-state index contributed by atoms with van der Waals surface area (Å²) in [5.74, 6) is 1.56. The lowest BCUT2D eigenvalue weighted by atomic mass is 10.0. The summed E-state index contributed by atoms with van der Waals surface area (Å²) in [6.07, 6.45) is 11.0. The van der Waals surface area contributed by atoms with Gasteiger partial charge in [0, 0.05) is 5.56 Å². The van der Waals surface area contributed by atoms with Crippen molar-refractivity contribution >= 4 is 5.78 Å². The van der Waals surface area contributed by atoms with Crippen LogP contribution in [-0.4, -0.2) is 41.9 Å². The molecule has 0 amide bonds. The molecule has 0 saturated heterocycles. The lowest BCUT2D eigenvalue weighted by molar-refractivity contribution is -0.111. The van der Waals surface area contributed by atoms with E-state index in [0.717, 1.165) is 40.2 Å². The van der Waals surface area contributed by atoms with E-state index in [9.17, 15) is 15.0 Å². The third-order valence-electron chi connectivity index (χ3n) is 5.46. The van der Waals surface area contributed by atoms with E-state index in [1.165, 1.54) is 12.2 Å². The van der Waals surface area contributed by atoms with Crippen molar-refractivity contribution < 1.29 is 24.5 Å². The first kappa shape index (κ1) is 29.4. The van der Waals surface area contributed by atoms with Gasteiger partial charge in [-0.05, 0) is 103 Å². The van der Waals surface area contributed by atoms with Crippen molar-refractivity contribution in [3.05, 3.63) is 70.4 Å². The van der Waals surface area contributed by atoms with Crippen LogP contribution >= 0.6 is 0 Å². The van der Waals surface area contributed by atoms with Crippen LogP contribution in [-0.2, 0) is 11.2 Å². The minimum absolute atomic E-state index is 0.104. The number of hydrogen-bond acceptors (Lipinski definition) is 5. The second-order valence-corrected chi connectivity index (χ2v) is 9.45. The first-order valence-corrected chi connectivity index (χ1v) is 11.7. The lowest BCUT2D eigenvalue weighted by Crippen LogP contribution is -2.14. The van der Waals surface area contributed by atoms with Gasteiger partial charge in [-0.25, -0.2) is 0 Å². The van der Waals surface area contributed by atoms with Gasteiger partial charge in [0.15, 0.2) is 5.78 Å². The summed E-state index contributed by atoms with van der Waals surface area (Å²) in [7, 11) is 3.33. The van der Waals surface area contributed by atoms with Crippen molar-refractivity contribution in [1.29, 1.82) is 0 Å². The molecule has 0 heterocycles. The summed E-state index contributed by atoms with van der Waals surface area (Å²) in [6, 6.07) is 3.94. The molecule has 5 nitrogen and oxygen atoms in total. The van der Waals surface area contributed by atoms with Crippen LogP contribution in [0.15, 0.2) is 59.2 Å². The Bertz CT molecular complexity index is 942. The Hall–Kier alpha value is -2.63. The number of carbonyl (C=O) groups excluding carboxylic acids is 1. The van der Waals surface area contributed by atoms with E-state index in [2.05, 4.69) is 6.08 Å². The van der Waals surface area contributed by atoms with Crippen LogP contribution in [0.5, 0.6) is 11.5 Å². The third kappa shape index (κ3) is 11.0. The number of hydrogen-bond donors (Lipinski definition) is 2. The molecule has 188 valence electrons. The lowest BCUT2D eigenvalue weighted by Gasteiger charge is -2.13. The zero-order chi connectivity index (χ0) is 25.9. The van der Waals surface area contributed by atoms with Crippen molar-refractivity contribution in [3.8, 4) is 11.5 Å². The van der Waals surface area contributed by atoms with Crippen molar-refractivity contribution in [1.82, 2.24) is 0 Å². The number of rotatable bonds is 13. The number of allylic oxidation sites excluding steroid dienone is 5. The van der Waals surface area contributed by atoms with Gasteiger partial charge in [0.2, 0.25) is 0 Å². The van der Waals surface area contributed by atoms with E-state index in [1.807, 2.05) is 45.1 Å². The van der Waals surface area contributed by atoms with Crippen molar-refractivity contribution in [2.75, 3.05) is 14.2 Å². The molecule has 0 saturated carbocycles. The largest absolute Gasteiger partial charge is 0.497 e. The maximum atomic E-state index is 12.1. The molecular formula is C29H42O5. The molecule has 0 radical (unpaired) electrons. The molecule has 1 rings (SSSR count). The number of benzene rings is 1. The molecule has 0 aromatic heterocycles. The molecule has 0 aliphatic carbocycles. The average molecular weight is 471 g/mol. The van der Waals surface area contributed by atoms with Gasteiger partial charge < -0.3 is 19.7 Å². The summed E-state index contributed by atoms with van der Waals surface area (Å²) in [4.78, 5) is 12.1.